The van der Waals surface area contributed by atoms with Crippen LogP contribution in [0.4, 0.5) is 5.69 Å². The van der Waals surface area contributed by atoms with Gasteiger partial charge >= 0.3 is 0 Å². The Morgan fingerprint density at radius 3 is 2.57 bits per heavy atom. The van der Waals surface area contributed by atoms with Crippen LogP contribution in [-0.4, -0.2) is 22.8 Å². The molecule has 6 heteroatoms. The monoisotopic (exact) mass is 290 g/mol. The average Bonchev–Trinajstić information content (AvgIpc) is 2.47. The molecule has 1 aliphatic carbocycles. The zero-order chi connectivity index (χ0) is 15.4. The van der Waals surface area contributed by atoms with E-state index in [2.05, 4.69) is 10.3 Å². The molecule has 0 aromatic carbocycles. The van der Waals surface area contributed by atoms with E-state index >= 15 is 0 Å². The molecule has 0 bridgehead atoms. The third-order valence-electron chi connectivity index (χ3n) is 4.17. The topological polar surface area (TPSA) is 111 Å². The summed E-state index contributed by atoms with van der Waals surface area (Å²) in [5.74, 6) is -0.107. The normalized spacial score (nSPS) is 23.3. The van der Waals surface area contributed by atoms with Gasteiger partial charge in [-0.05, 0) is 50.7 Å². The Balaban J connectivity index is 1.93. The SMILES string of the molecule is CC(N)C1CCC(C(=O)Nc2ccnc(C(N)=O)c2)CC1. The van der Waals surface area contributed by atoms with E-state index in [1.165, 1.54) is 12.3 Å². The van der Waals surface area contributed by atoms with Gasteiger partial charge < -0.3 is 16.8 Å². The first-order chi connectivity index (χ1) is 9.97. The van der Waals surface area contributed by atoms with Crippen LogP contribution >= 0.6 is 0 Å². The zero-order valence-electron chi connectivity index (χ0n) is 12.2. The predicted molar refractivity (Wildman–Crippen MR) is 80.5 cm³/mol. The summed E-state index contributed by atoms with van der Waals surface area (Å²) in [5, 5.41) is 2.83. The molecule has 0 saturated heterocycles. The van der Waals surface area contributed by atoms with Gasteiger partial charge in [0.2, 0.25) is 5.91 Å². The quantitative estimate of drug-likeness (QED) is 0.775. The molecule has 1 aliphatic rings. The van der Waals surface area contributed by atoms with Crippen molar-refractivity contribution >= 4 is 17.5 Å². The van der Waals surface area contributed by atoms with Crippen LogP contribution in [0.25, 0.3) is 0 Å². The third-order valence-corrected chi connectivity index (χ3v) is 4.17. The second-order valence-electron chi connectivity index (χ2n) is 5.75. The third kappa shape index (κ3) is 4.01. The highest BCUT2D eigenvalue weighted by molar-refractivity contribution is 5.95. The van der Waals surface area contributed by atoms with Gasteiger partial charge in [0.15, 0.2) is 0 Å². The van der Waals surface area contributed by atoms with Crippen LogP contribution in [0.1, 0.15) is 43.1 Å². The fraction of sp³-hybridized carbons (Fsp3) is 0.533. The van der Waals surface area contributed by atoms with E-state index in [1.807, 2.05) is 6.92 Å². The van der Waals surface area contributed by atoms with Crippen molar-refractivity contribution in [2.24, 2.45) is 23.3 Å². The molecule has 1 unspecified atom stereocenters. The Labute approximate surface area is 124 Å². The van der Waals surface area contributed by atoms with Crippen molar-refractivity contribution in [3.63, 3.8) is 0 Å². The standard InChI is InChI=1S/C15H22N4O2/c1-9(16)10-2-4-11(5-3-10)15(21)19-12-6-7-18-13(8-12)14(17)20/h6-11H,2-5,16H2,1H3,(H2,17,20)(H,18,19,21). The van der Waals surface area contributed by atoms with Crippen LogP contribution < -0.4 is 16.8 Å². The van der Waals surface area contributed by atoms with Crippen LogP contribution in [0.2, 0.25) is 0 Å². The van der Waals surface area contributed by atoms with E-state index < -0.39 is 5.91 Å². The van der Waals surface area contributed by atoms with Gasteiger partial charge in [-0.15, -0.1) is 0 Å². The number of primary amides is 1. The molecule has 0 spiro atoms. The molecule has 6 nitrogen and oxygen atoms in total. The predicted octanol–water partition coefficient (Wildman–Crippen LogP) is 1.27. The lowest BCUT2D eigenvalue weighted by Gasteiger charge is -2.29. The molecular weight excluding hydrogens is 268 g/mol. The number of aromatic nitrogens is 1. The first kappa shape index (κ1) is 15.4. The second kappa shape index (κ2) is 6.67. The number of rotatable bonds is 4. The van der Waals surface area contributed by atoms with E-state index in [9.17, 15) is 9.59 Å². The summed E-state index contributed by atoms with van der Waals surface area (Å²) in [4.78, 5) is 27.2. The number of hydrogen-bond acceptors (Lipinski definition) is 4. The van der Waals surface area contributed by atoms with Gasteiger partial charge in [-0.2, -0.15) is 0 Å². The number of anilines is 1. The maximum Gasteiger partial charge on any atom is 0.267 e. The summed E-state index contributed by atoms with van der Waals surface area (Å²) >= 11 is 0. The fourth-order valence-corrected chi connectivity index (χ4v) is 2.79. The zero-order valence-corrected chi connectivity index (χ0v) is 12.2. The number of nitrogens with two attached hydrogens (primary N) is 2. The van der Waals surface area contributed by atoms with E-state index in [4.69, 9.17) is 11.5 Å². The molecule has 1 aromatic rings. The molecule has 2 amide bonds. The average molecular weight is 290 g/mol. The highest BCUT2D eigenvalue weighted by atomic mass is 16.2. The summed E-state index contributed by atoms with van der Waals surface area (Å²) in [6.45, 7) is 2.02. The number of amides is 2. The van der Waals surface area contributed by atoms with Crippen LogP contribution in [-0.2, 0) is 4.79 Å². The number of nitrogens with zero attached hydrogens (tertiary/aromatic N) is 1. The Morgan fingerprint density at radius 2 is 2.00 bits per heavy atom. The number of carbonyl (C=O) groups excluding carboxylic acids is 2. The summed E-state index contributed by atoms with van der Waals surface area (Å²) in [7, 11) is 0. The van der Waals surface area contributed by atoms with Crippen molar-refractivity contribution in [2.75, 3.05) is 5.32 Å². The molecule has 0 radical (unpaired) electrons. The van der Waals surface area contributed by atoms with Crippen molar-refractivity contribution in [1.82, 2.24) is 4.98 Å². The van der Waals surface area contributed by atoms with Crippen LogP contribution in [0.3, 0.4) is 0 Å². The molecule has 21 heavy (non-hydrogen) atoms. The summed E-state index contributed by atoms with van der Waals surface area (Å²) in [6.07, 6.45) is 5.14. The van der Waals surface area contributed by atoms with Gasteiger partial charge in [-0.1, -0.05) is 0 Å². The van der Waals surface area contributed by atoms with E-state index in [0.29, 0.717) is 11.6 Å². The van der Waals surface area contributed by atoms with E-state index in [1.54, 1.807) is 6.07 Å². The Kier molecular flexibility index (Phi) is 4.90. The molecule has 1 heterocycles. The minimum atomic E-state index is -0.608. The van der Waals surface area contributed by atoms with Crippen molar-refractivity contribution < 1.29 is 9.59 Å². The van der Waals surface area contributed by atoms with Gasteiger partial charge in [0.05, 0.1) is 0 Å². The number of pyridine rings is 1. The molecule has 1 saturated carbocycles. The molecule has 1 aromatic heterocycles. The van der Waals surface area contributed by atoms with E-state index in [0.717, 1.165) is 25.7 Å². The largest absolute Gasteiger partial charge is 0.364 e. The minimum absolute atomic E-state index is 0.00481. The van der Waals surface area contributed by atoms with Crippen LogP contribution in [0.5, 0.6) is 0 Å². The number of carbonyl (C=O) groups is 2. The highest BCUT2D eigenvalue weighted by Crippen LogP contribution is 2.31. The van der Waals surface area contributed by atoms with Crippen molar-refractivity contribution in [3.8, 4) is 0 Å². The summed E-state index contributed by atoms with van der Waals surface area (Å²) < 4.78 is 0. The Morgan fingerprint density at radius 1 is 1.33 bits per heavy atom. The van der Waals surface area contributed by atoms with Gasteiger partial charge in [0, 0.05) is 23.8 Å². The summed E-state index contributed by atoms with van der Waals surface area (Å²) in [6, 6.07) is 3.33. The number of hydrogen-bond donors (Lipinski definition) is 3. The van der Waals surface area contributed by atoms with Gasteiger partial charge in [0.25, 0.3) is 5.91 Å². The lowest BCUT2D eigenvalue weighted by atomic mass is 9.79. The van der Waals surface area contributed by atoms with Crippen molar-refractivity contribution in [3.05, 3.63) is 24.0 Å². The molecule has 2 rings (SSSR count). The van der Waals surface area contributed by atoms with Crippen molar-refractivity contribution in [1.29, 1.82) is 0 Å². The molecular formula is C15H22N4O2. The highest BCUT2D eigenvalue weighted by Gasteiger charge is 2.27. The first-order valence-corrected chi connectivity index (χ1v) is 7.29. The maximum atomic E-state index is 12.2. The van der Waals surface area contributed by atoms with Gasteiger partial charge in [-0.3, -0.25) is 14.6 Å². The second-order valence-corrected chi connectivity index (χ2v) is 5.75. The molecule has 5 N–H and O–H groups in total. The Bertz CT molecular complexity index is 522. The molecule has 1 atom stereocenters. The summed E-state index contributed by atoms with van der Waals surface area (Å²) in [5.41, 5.74) is 11.8. The van der Waals surface area contributed by atoms with E-state index in [-0.39, 0.29) is 23.6 Å². The molecule has 0 aliphatic heterocycles. The van der Waals surface area contributed by atoms with Gasteiger partial charge in [0.1, 0.15) is 5.69 Å². The Hall–Kier alpha value is -1.95. The first-order valence-electron chi connectivity index (χ1n) is 7.29. The molecule has 1 fully saturated rings. The lowest BCUT2D eigenvalue weighted by molar-refractivity contribution is -0.121. The minimum Gasteiger partial charge on any atom is -0.364 e. The smallest absolute Gasteiger partial charge is 0.267 e. The van der Waals surface area contributed by atoms with Gasteiger partial charge in [-0.25, -0.2) is 0 Å². The lowest BCUT2D eigenvalue weighted by Crippen LogP contribution is -2.33. The fourth-order valence-electron chi connectivity index (χ4n) is 2.79. The molecule has 114 valence electrons. The maximum absolute atomic E-state index is 12.2. The van der Waals surface area contributed by atoms with Crippen LogP contribution in [0, 0.1) is 11.8 Å². The van der Waals surface area contributed by atoms with Crippen molar-refractivity contribution in [2.45, 2.75) is 38.6 Å². The number of nitrogens with one attached hydrogen (secondary N) is 1. The van der Waals surface area contributed by atoms with Crippen LogP contribution in [0.15, 0.2) is 18.3 Å².